The van der Waals surface area contributed by atoms with Crippen LogP contribution < -0.4 is 5.32 Å². The van der Waals surface area contributed by atoms with Crippen molar-refractivity contribution in [1.29, 1.82) is 5.26 Å². The zero-order valence-corrected chi connectivity index (χ0v) is 8.45. The zero-order valence-electron chi connectivity index (χ0n) is 7.63. The first kappa shape index (κ1) is 11.2. The fraction of sp³-hybridized carbons (Fsp3) is 0.750. The van der Waals surface area contributed by atoms with Gasteiger partial charge < -0.3 is 10.2 Å². The van der Waals surface area contributed by atoms with Crippen molar-refractivity contribution in [2.45, 2.75) is 20.3 Å². The molecule has 0 aliphatic rings. The molecule has 4 heteroatoms. The van der Waals surface area contributed by atoms with Crippen LogP contribution in [0.1, 0.15) is 20.3 Å². The van der Waals surface area contributed by atoms with Crippen LogP contribution in [0, 0.1) is 11.3 Å². The van der Waals surface area contributed by atoms with Gasteiger partial charge >= 0.3 is 0 Å². The molecular weight excluding hydrogens is 170 g/mol. The molecule has 0 aliphatic carbocycles. The molecule has 0 aromatic heterocycles. The number of hydrogen-bond acceptors (Lipinski definition) is 2. The molecule has 12 heavy (non-hydrogen) atoms. The molecule has 0 saturated heterocycles. The second kappa shape index (κ2) is 6.86. The minimum absolute atomic E-state index is 0.527. The van der Waals surface area contributed by atoms with Crippen LogP contribution in [-0.2, 0) is 0 Å². The van der Waals surface area contributed by atoms with Gasteiger partial charge in [0.05, 0.1) is 12.5 Å². The van der Waals surface area contributed by atoms with Crippen LogP contribution in [-0.4, -0.2) is 29.6 Å². The lowest BCUT2D eigenvalue weighted by atomic mass is 10.4. The van der Waals surface area contributed by atoms with Crippen LogP contribution in [0.4, 0.5) is 0 Å². The lowest BCUT2D eigenvalue weighted by molar-refractivity contribution is 0.443. The van der Waals surface area contributed by atoms with Gasteiger partial charge in [-0.15, -0.1) is 0 Å². The molecule has 1 N–H and O–H groups in total. The molecular formula is C8H15N3S. The first-order valence-corrected chi connectivity index (χ1v) is 4.56. The van der Waals surface area contributed by atoms with E-state index in [1.807, 2.05) is 18.7 Å². The van der Waals surface area contributed by atoms with Gasteiger partial charge in [0, 0.05) is 19.6 Å². The van der Waals surface area contributed by atoms with Gasteiger partial charge in [0.1, 0.15) is 0 Å². The Morgan fingerprint density at radius 3 is 2.67 bits per heavy atom. The Kier molecular flexibility index (Phi) is 6.39. The molecule has 0 atom stereocenters. The summed E-state index contributed by atoms with van der Waals surface area (Å²) in [7, 11) is 0. The lowest BCUT2D eigenvalue weighted by Crippen LogP contribution is -2.39. The van der Waals surface area contributed by atoms with Crippen molar-refractivity contribution in [3.8, 4) is 6.07 Å². The van der Waals surface area contributed by atoms with Gasteiger partial charge in [-0.05, 0) is 26.1 Å². The maximum atomic E-state index is 8.38. The van der Waals surface area contributed by atoms with Gasteiger partial charge in [0.25, 0.3) is 0 Å². The predicted molar refractivity (Wildman–Crippen MR) is 53.8 cm³/mol. The van der Waals surface area contributed by atoms with Crippen LogP contribution in [0.5, 0.6) is 0 Å². The number of nitriles is 1. The van der Waals surface area contributed by atoms with Crippen LogP contribution in [0.15, 0.2) is 0 Å². The third-order valence-electron chi connectivity index (χ3n) is 1.49. The third-order valence-corrected chi connectivity index (χ3v) is 1.89. The normalized spacial score (nSPS) is 8.75. The Bertz CT molecular complexity index is 174. The molecule has 0 fully saturated rings. The maximum absolute atomic E-state index is 8.38. The van der Waals surface area contributed by atoms with Crippen molar-refractivity contribution in [2.75, 3.05) is 19.6 Å². The SMILES string of the molecule is CCNC(=S)N(CC)CCC#N. The molecule has 0 unspecified atom stereocenters. The first-order chi connectivity index (χ1) is 5.76. The molecule has 0 aliphatic heterocycles. The fourth-order valence-corrected chi connectivity index (χ4v) is 1.22. The lowest BCUT2D eigenvalue weighted by Gasteiger charge is -2.22. The summed E-state index contributed by atoms with van der Waals surface area (Å²) in [6.45, 7) is 6.44. The summed E-state index contributed by atoms with van der Waals surface area (Å²) >= 11 is 5.09. The van der Waals surface area contributed by atoms with Gasteiger partial charge in [-0.2, -0.15) is 5.26 Å². The van der Waals surface area contributed by atoms with Crippen molar-refractivity contribution >= 4 is 17.3 Å². The highest BCUT2D eigenvalue weighted by atomic mass is 32.1. The largest absolute Gasteiger partial charge is 0.363 e. The van der Waals surface area contributed by atoms with E-state index in [1.165, 1.54) is 0 Å². The van der Waals surface area contributed by atoms with Crippen molar-refractivity contribution in [3.05, 3.63) is 0 Å². The summed E-state index contributed by atoms with van der Waals surface area (Å²) in [5.74, 6) is 0. The maximum Gasteiger partial charge on any atom is 0.168 e. The Morgan fingerprint density at radius 1 is 1.58 bits per heavy atom. The van der Waals surface area contributed by atoms with Crippen LogP contribution in [0.25, 0.3) is 0 Å². The summed E-state index contributed by atoms with van der Waals surface area (Å²) in [4.78, 5) is 1.99. The first-order valence-electron chi connectivity index (χ1n) is 4.16. The van der Waals surface area contributed by atoms with Gasteiger partial charge in [-0.1, -0.05) is 0 Å². The minimum atomic E-state index is 0.527. The van der Waals surface area contributed by atoms with Gasteiger partial charge in [-0.25, -0.2) is 0 Å². The highest BCUT2D eigenvalue weighted by Crippen LogP contribution is 1.91. The topological polar surface area (TPSA) is 39.1 Å². The summed E-state index contributed by atoms with van der Waals surface area (Å²) in [6, 6.07) is 2.10. The molecule has 0 heterocycles. The quantitative estimate of drug-likeness (QED) is 0.666. The molecule has 0 aromatic carbocycles. The van der Waals surface area contributed by atoms with Gasteiger partial charge in [0.15, 0.2) is 5.11 Å². The average Bonchev–Trinajstić information content (AvgIpc) is 2.06. The van der Waals surface area contributed by atoms with Gasteiger partial charge in [0.2, 0.25) is 0 Å². The summed E-state index contributed by atoms with van der Waals surface area (Å²) < 4.78 is 0. The predicted octanol–water partition coefficient (Wildman–Crippen LogP) is 1.12. The Morgan fingerprint density at radius 2 is 2.25 bits per heavy atom. The smallest absolute Gasteiger partial charge is 0.168 e. The second-order valence-electron chi connectivity index (χ2n) is 2.32. The molecule has 0 spiro atoms. The van der Waals surface area contributed by atoms with Gasteiger partial charge in [-0.3, -0.25) is 0 Å². The Labute approximate surface area is 79.4 Å². The molecule has 68 valence electrons. The number of nitrogens with one attached hydrogen (secondary N) is 1. The van der Waals surface area contributed by atoms with E-state index in [2.05, 4.69) is 11.4 Å². The van der Waals surface area contributed by atoms with Crippen molar-refractivity contribution < 1.29 is 0 Å². The second-order valence-corrected chi connectivity index (χ2v) is 2.71. The average molecular weight is 185 g/mol. The monoisotopic (exact) mass is 185 g/mol. The Hall–Kier alpha value is -0.820. The molecule has 0 aromatic rings. The van der Waals surface area contributed by atoms with Crippen LogP contribution in [0.2, 0.25) is 0 Å². The van der Waals surface area contributed by atoms with Crippen LogP contribution >= 0.6 is 12.2 Å². The van der Waals surface area contributed by atoms with E-state index in [1.54, 1.807) is 0 Å². The Balaban J connectivity index is 3.80. The number of hydrogen-bond donors (Lipinski definition) is 1. The molecule has 0 amide bonds. The minimum Gasteiger partial charge on any atom is -0.363 e. The van der Waals surface area contributed by atoms with Crippen molar-refractivity contribution in [2.24, 2.45) is 0 Å². The molecule has 0 rings (SSSR count). The number of nitrogens with zero attached hydrogens (tertiary/aromatic N) is 2. The van der Waals surface area contributed by atoms with E-state index >= 15 is 0 Å². The van der Waals surface area contributed by atoms with E-state index in [-0.39, 0.29) is 0 Å². The van der Waals surface area contributed by atoms with Crippen molar-refractivity contribution in [1.82, 2.24) is 10.2 Å². The van der Waals surface area contributed by atoms with E-state index in [9.17, 15) is 0 Å². The molecule has 0 radical (unpaired) electrons. The van der Waals surface area contributed by atoms with E-state index in [4.69, 9.17) is 17.5 Å². The highest BCUT2D eigenvalue weighted by Gasteiger charge is 2.04. The van der Waals surface area contributed by atoms with E-state index in [0.717, 1.165) is 24.7 Å². The van der Waals surface area contributed by atoms with Crippen LogP contribution in [0.3, 0.4) is 0 Å². The highest BCUT2D eigenvalue weighted by molar-refractivity contribution is 7.80. The van der Waals surface area contributed by atoms with E-state index < -0.39 is 0 Å². The molecule has 0 saturated carbocycles. The summed E-state index contributed by atoms with van der Waals surface area (Å²) in [5, 5.41) is 12.2. The zero-order chi connectivity index (χ0) is 9.40. The standard InChI is InChI=1S/C8H15N3S/c1-3-10-8(12)11(4-2)7-5-6-9/h3-5,7H2,1-2H3,(H,10,12). The van der Waals surface area contributed by atoms with E-state index in [0.29, 0.717) is 6.42 Å². The summed E-state index contributed by atoms with van der Waals surface area (Å²) in [5.41, 5.74) is 0. The molecule has 3 nitrogen and oxygen atoms in total. The number of rotatable bonds is 4. The fourth-order valence-electron chi connectivity index (χ4n) is 0.851. The van der Waals surface area contributed by atoms with Crippen molar-refractivity contribution in [3.63, 3.8) is 0 Å². The summed E-state index contributed by atoms with van der Waals surface area (Å²) in [6.07, 6.45) is 0.527. The molecule has 0 bridgehead atoms. The third kappa shape index (κ3) is 4.14. The number of thiocarbonyl (C=S) groups is 1.